The molecule has 0 saturated carbocycles. The molecule has 0 atom stereocenters. The normalized spacial score (nSPS) is 12.2. The summed E-state index contributed by atoms with van der Waals surface area (Å²) in [7, 11) is -7.36. The average Bonchev–Trinajstić information content (AvgIpc) is 3.27. The van der Waals surface area contributed by atoms with Gasteiger partial charge in [0.05, 0.1) is 49.3 Å². The van der Waals surface area contributed by atoms with Crippen LogP contribution in [0.5, 0.6) is 0 Å². The Labute approximate surface area is 451 Å². The van der Waals surface area contributed by atoms with Crippen LogP contribution in [-0.4, -0.2) is 139 Å². The lowest BCUT2D eigenvalue weighted by Crippen LogP contribution is -2.56. The second-order valence-electron chi connectivity index (χ2n) is 22.5. The SMILES string of the molecule is C.C=C(C)C(=O)OCCCC[Si](C)(C)OC(C)(C)[Si](C)(C)CCCCCCCOC(=O)NCNC(=O)OCC(=O)NCNC(=O)CCCCOCCC[Si](C)(C)OC(C)(C)[Si](C)(C)CCCOCOC(=O)C(=C)C. The van der Waals surface area contributed by atoms with E-state index in [0.29, 0.717) is 44.0 Å². The highest BCUT2D eigenvalue weighted by Gasteiger charge is 2.44. The van der Waals surface area contributed by atoms with Crippen LogP contribution >= 0.6 is 0 Å². The molecule has 0 spiro atoms. The van der Waals surface area contributed by atoms with Gasteiger partial charge in [-0.3, -0.25) is 9.59 Å². The average molecular weight is 1120 g/mol. The van der Waals surface area contributed by atoms with Crippen molar-refractivity contribution >= 4 is 68.7 Å². The van der Waals surface area contributed by atoms with E-state index in [0.717, 1.165) is 88.4 Å². The standard InChI is InChI=1S/C51H100N4O14Si4.CH4/c1-42(2)46(58)64-32-23-25-36-72(13,14)68-50(5,6)70(9,10)34-24-19-17-18-21-33-65-48(60)54-40-55-49(61)66-38-45(57)53-39-52-44(56)28-20-22-29-62-30-27-37-73(15,16)69-51(7,8)71(11,12)35-26-31-63-41-67-47(59)43(3)4;/h1,3,17-41H2,2,4-16H3,(H,52,56)(H,53,57)(H,54,60)(H,55,61);1H4. The van der Waals surface area contributed by atoms with Crippen LogP contribution < -0.4 is 21.3 Å². The molecule has 18 nitrogen and oxygen atoms in total. The van der Waals surface area contributed by atoms with Gasteiger partial charge in [0.1, 0.15) is 0 Å². The van der Waals surface area contributed by atoms with E-state index in [1.54, 1.807) is 13.8 Å². The smallest absolute Gasteiger partial charge is 0.409 e. The second kappa shape index (κ2) is 37.4. The zero-order valence-corrected chi connectivity index (χ0v) is 51.8. The van der Waals surface area contributed by atoms with E-state index in [2.05, 4.69) is 114 Å². The molecule has 4 N–H and O–H groups in total. The minimum Gasteiger partial charge on any atom is -0.462 e. The zero-order chi connectivity index (χ0) is 55.8. The summed E-state index contributed by atoms with van der Waals surface area (Å²) >= 11 is 0. The highest BCUT2D eigenvalue weighted by molar-refractivity contribution is 6.82. The van der Waals surface area contributed by atoms with Gasteiger partial charge >= 0.3 is 24.1 Å². The first-order valence-electron chi connectivity index (χ1n) is 26.4. The zero-order valence-electron chi connectivity index (χ0n) is 47.8. The van der Waals surface area contributed by atoms with Crippen molar-refractivity contribution in [1.82, 2.24) is 21.3 Å². The van der Waals surface area contributed by atoms with Gasteiger partial charge in [-0.05, 0) is 118 Å². The number of carbonyl (C=O) groups excluding carboxylic acids is 6. The number of hydrogen-bond acceptors (Lipinski definition) is 14. The van der Waals surface area contributed by atoms with Crippen LogP contribution in [0.25, 0.3) is 0 Å². The van der Waals surface area contributed by atoms with Crippen LogP contribution in [0.15, 0.2) is 24.3 Å². The maximum Gasteiger partial charge on any atom is 0.409 e. The van der Waals surface area contributed by atoms with Gasteiger partial charge in [0.25, 0.3) is 5.91 Å². The summed E-state index contributed by atoms with van der Waals surface area (Å²) in [6, 6.07) is 4.18. The molecule has 0 saturated heterocycles. The number of hydrogen-bond donors (Lipinski definition) is 4. The number of esters is 2. The molecular formula is C52H104N4O14Si4. The Bertz CT molecular complexity index is 1710. The highest BCUT2D eigenvalue weighted by atomic mass is 28.4. The van der Waals surface area contributed by atoms with Crippen molar-refractivity contribution in [2.45, 2.75) is 213 Å². The molecule has 0 heterocycles. The minimum atomic E-state index is -1.96. The monoisotopic (exact) mass is 1120 g/mol. The van der Waals surface area contributed by atoms with Gasteiger partial charge in [-0.2, -0.15) is 0 Å². The number of nitrogens with one attached hydrogen (secondary N) is 4. The summed E-state index contributed by atoms with van der Waals surface area (Å²) < 4.78 is 45.4. The molecular weight excluding hydrogens is 1020 g/mol. The van der Waals surface area contributed by atoms with Crippen LogP contribution in [0, 0.1) is 0 Å². The topological polar surface area (TPSA) is 224 Å². The van der Waals surface area contributed by atoms with Gasteiger partial charge in [0, 0.05) is 41.2 Å². The number of carbonyl (C=O) groups is 6. The van der Waals surface area contributed by atoms with E-state index in [1.807, 2.05) is 0 Å². The first kappa shape index (κ1) is 72.7. The lowest BCUT2D eigenvalue weighted by atomic mass is 10.2. The third kappa shape index (κ3) is 35.0. The summed E-state index contributed by atoms with van der Waals surface area (Å²) in [5.74, 6) is -1.60. The van der Waals surface area contributed by atoms with Crippen molar-refractivity contribution in [3.8, 4) is 0 Å². The first-order chi connectivity index (χ1) is 33.9. The fourth-order valence-electron chi connectivity index (χ4n) is 7.55. The van der Waals surface area contributed by atoms with Gasteiger partial charge in [0.15, 0.2) is 30.0 Å². The van der Waals surface area contributed by atoms with Crippen molar-refractivity contribution in [2.75, 3.05) is 59.8 Å². The molecule has 0 unspecified atom stereocenters. The molecule has 0 aliphatic heterocycles. The van der Waals surface area contributed by atoms with Crippen molar-refractivity contribution in [3.05, 3.63) is 24.3 Å². The summed E-state index contributed by atoms with van der Waals surface area (Å²) in [5.41, 5.74) is 0.769. The van der Waals surface area contributed by atoms with E-state index in [9.17, 15) is 28.8 Å². The highest BCUT2D eigenvalue weighted by Crippen LogP contribution is 2.35. The molecule has 0 bridgehead atoms. The fraction of sp³-hybridized carbons (Fsp3) is 0.808. The van der Waals surface area contributed by atoms with E-state index in [-0.39, 0.29) is 62.9 Å². The molecule has 0 radical (unpaired) electrons. The number of rotatable bonds is 42. The molecule has 22 heteroatoms. The predicted octanol–water partition coefficient (Wildman–Crippen LogP) is 10.6. The number of unbranched alkanes of at least 4 members (excludes halogenated alkanes) is 6. The molecule has 0 aromatic carbocycles. The molecule has 0 aliphatic rings. The third-order valence-electron chi connectivity index (χ3n) is 13.3. The molecule has 74 heavy (non-hydrogen) atoms. The summed E-state index contributed by atoms with van der Waals surface area (Å²) in [5, 5.41) is 9.48. The molecule has 0 aromatic rings. The Morgan fingerprint density at radius 1 is 0.446 bits per heavy atom. The molecule has 0 fully saturated rings. The summed E-state index contributed by atoms with van der Waals surface area (Å²) in [4.78, 5) is 71.4. The Kier molecular flexibility index (Phi) is 36.7. The second-order valence-corrected chi connectivity index (χ2v) is 41.9. The first-order valence-corrected chi connectivity index (χ1v) is 39.1. The van der Waals surface area contributed by atoms with Crippen LogP contribution in [0.3, 0.4) is 0 Å². The van der Waals surface area contributed by atoms with Gasteiger partial charge in [-0.15, -0.1) is 0 Å². The minimum absolute atomic E-state index is 0. The van der Waals surface area contributed by atoms with Gasteiger partial charge < -0.3 is 58.5 Å². The van der Waals surface area contributed by atoms with Crippen molar-refractivity contribution in [2.24, 2.45) is 0 Å². The van der Waals surface area contributed by atoms with Crippen LogP contribution in [0.4, 0.5) is 9.59 Å². The number of alkyl carbamates (subject to hydrolysis) is 2. The van der Waals surface area contributed by atoms with Crippen molar-refractivity contribution < 1.29 is 66.0 Å². The van der Waals surface area contributed by atoms with Crippen LogP contribution in [-0.2, 0) is 56.5 Å². The molecule has 0 aromatic heterocycles. The lowest BCUT2D eigenvalue weighted by Gasteiger charge is -2.45. The Morgan fingerprint density at radius 3 is 1.45 bits per heavy atom. The maximum absolute atomic E-state index is 12.2. The van der Waals surface area contributed by atoms with E-state index >= 15 is 0 Å². The number of amides is 4. The summed E-state index contributed by atoms with van der Waals surface area (Å²) in [6.45, 7) is 39.3. The Balaban J connectivity index is 0. The maximum atomic E-state index is 12.2. The molecule has 432 valence electrons. The van der Waals surface area contributed by atoms with Crippen molar-refractivity contribution in [1.29, 1.82) is 0 Å². The largest absolute Gasteiger partial charge is 0.462 e. The Hall–Kier alpha value is -3.39. The van der Waals surface area contributed by atoms with Gasteiger partial charge in [0.2, 0.25) is 5.91 Å². The third-order valence-corrected chi connectivity index (χ3v) is 28.9. The quantitative estimate of drug-likeness (QED) is 0.0111. The van der Waals surface area contributed by atoms with E-state index in [1.165, 1.54) is 0 Å². The van der Waals surface area contributed by atoms with Crippen LogP contribution in [0.2, 0.25) is 76.6 Å². The summed E-state index contributed by atoms with van der Waals surface area (Å²) in [6.07, 6.45) is 8.55. The molecule has 0 aliphatic carbocycles. The Morgan fingerprint density at radius 2 is 0.851 bits per heavy atom. The number of ether oxygens (including phenoxy) is 6. The molecule has 4 amide bonds. The van der Waals surface area contributed by atoms with Crippen molar-refractivity contribution in [3.63, 3.8) is 0 Å². The fourth-order valence-corrected chi connectivity index (χ4v) is 19.9. The predicted molar refractivity (Wildman–Crippen MR) is 305 cm³/mol. The lowest BCUT2D eigenvalue weighted by molar-refractivity contribution is -0.151. The van der Waals surface area contributed by atoms with E-state index in [4.69, 9.17) is 37.3 Å². The molecule has 0 rings (SSSR count). The van der Waals surface area contributed by atoms with Gasteiger partial charge in [-0.1, -0.05) is 91.0 Å². The van der Waals surface area contributed by atoms with E-state index < -0.39 is 63.5 Å². The van der Waals surface area contributed by atoms with Crippen LogP contribution in [0.1, 0.15) is 126 Å². The van der Waals surface area contributed by atoms with Gasteiger partial charge in [-0.25, -0.2) is 19.2 Å².